The van der Waals surface area contributed by atoms with E-state index < -0.39 is 0 Å². The fourth-order valence-electron chi connectivity index (χ4n) is 4.47. The lowest BCUT2D eigenvalue weighted by Crippen LogP contribution is -2.30. The molecule has 0 unspecified atom stereocenters. The zero-order chi connectivity index (χ0) is 22.8. The molecule has 1 fully saturated rings. The third kappa shape index (κ3) is 4.64. The second kappa shape index (κ2) is 9.11. The fourth-order valence-corrected chi connectivity index (χ4v) is 4.47. The lowest BCUT2D eigenvalue weighted by atomic mass is 10.0. The summed E-state index contributed by atoms with van der Waals surface area (Å²) < 4.78 is 15.6. The molecule has 0 atom stereocenters. The summed E-state index contributed by atoms with van der Waals surface area (Å²) in [5.74, 6) is 0.476. The first kappa shape index (κ1) is 21.3. The van der Waals surface area contributed by atoms with E-state index in [1.165, 1.54) is 23.3 Å². The van der Waals surface area contributed by atoms with Gasteiger partial charge in [-0.25, -0.2) is 14.1 Å². The van der Waals surface area contributed by atoms with Crippen molar-refractivity contribution in [3.05, 3.63) is 77.6 Å². The van der Waals surface area contributed by atoms with Gasteiger partial charge in [-0.05, 0) is 99.4 Å². The number of hydrogen-bond acceptors (Lipinski definition) is 5. The second-order valence-corrected chi connectivity index (χ2v) is 8.63. The molecule has 3 heterocycles. The van der Waals surface area contributed by atoms with Crippen LogP contribution in [0.1, 0.15) is 30.0 Å². The molecule has 0 spiro atoms. The number of nitrogens with one attached hydrogen (secondary N) is 2. The third-order valence-corrected chi connectivity index (χ3v) is 5.95. The van der Waals surface area contributed by atoms with Gasteiger partial charge in [0.15, 0.2) is 0 Å². The molecule has 168 valence electrons. The summed E-state index contributed by atoms with van der Waals surface area (Å²) in [6, 6.07) is 18.9. The van der Waals surface area contributed by atoms with E-state index in [2.05, 4.69) is 53.0 Å². The summed E-state index contributed by atoms with van der Waals surface area (Å²) in [5.41, 5.74) is 6.57. The number of hydrogen-bond donors (Lipinski definition) is 2. The maximum Gasteiger partial charge on any atom is 0.131 e. The minimum absolute atomic E-state index is 0.237. The first-order chi connectivity index (χ1) is 16.1. The lowest BCUT2D eigenvalue weighted by Gasteiger charge is -2.24. The van der Waals surface area contributed by atoms with E-state index >= 15 is 0 Å². The van der Waals surface area contributed by atoms with Crippen molar-refractivity contribution in [1.82, 2.24) is 25.3 Å². The van der Waals surface area contributed by atoms with Gasteiger partial charge in [0.1, 0.15) is 23.0 Å². The number of benzene rings is 2. The van der Waals surface area contributed by atoms with Crippen molar-refractivity contribution in [3.8, 4) is 22.6 Å². The normalized spacial score (nSPS) is 14.4. The lowest BCUT2D eigenvalue weighted by molar-refractivity contribution is 0.340. The fraction of sp³-hybridized carbons (Fsp3) is 0.269. The first-order valence-corrected chi connectivity index (χ1v) is 11.3. The molecule has 0 radical (unpaired) electrons. The van der Waals surface area contributed by atoms with Gasteiger partial charge in [0.25, 0.3) is 0 Å². The summed E-state index contributed by atoms with van der Waals surface area (Å²) in [4.78, 5) is 4.93. The van der Waals surface area contributed by atoms with E-state index in [4.69, 9.17) is 4.98 Å². The smallest absolute Gasteiger partial charge is 0.131 e. The minimum Gasteiger partial charge on any atom is -0.340 e. The highest BCUT2D eigenvalue weighted by molar-refractivity contribution is 5.77. The zero-order valence-corrected chi connectivity index (χ0v) is 18.8. The molecule has 0 amide bonds. The van der Waals surface area contributed by atoms with E-state index in [1.54, 1.807) is 12.1 Å². The van der Waals surface area contributed by atoms with Crippen LogP contribution in [-0.2, 0) is 0 Å². The standard InChI is InChI=1S/C26H27FN6/c1-17-14-18(2)16-21(15-17)29-24-5-3-4-23(30-24)26-25(19-6-8-20(27)9-7-19)31-32-33(26)22-10-12-28-13-11-22/h3-9,14-16,22,28H,10-13H2,1-2H3,(H,29,30). The number of nitrogens with zero attached hydrogens (tertiary/aromatic N) is 4. The highest BCUT2D eigenvalue weighted by Gasteiger charge is 2.25. The van der Waals surface area contributed by atoms with Gasteiger partial charge >= 0.3 is 0 Å². The van der Waals surface area contributed by atoms with Crippen LogP contribution in [0.4, 0.5) is 15.9 Å². The Morgan fingerprint density at radius 3 is 2.42 bits per heavy atom. The molecule has 1 saturated heterocycles. The average Bonchev–Trinajstić information content (AvgIpc) is 3.25. The molecular formula is C26H27FN6. The van der Waals surface area contributed by atoms with E-state index in [0.29, 0.717) is 5.69 Å². The monoisotopic (exact) mass is 442 g/mol. The van der Waals surface area contributed by atoms with Crippen LogP contribution in [0.2, 0.25) is 0 Å². The van der Waals surface area contributed by atoms with Gasteiger partial charge in [-0.3, -0.25) is 0 Å². The average molecular weight is 443 g/mol. The SMILES string of the molecule is Cc1cc(C)cc(Nc2cccc(-c3c(-c4ccc(F)cc4)nnn3C3CCNCC3)n2)c1. The Morgan fingerprint density at radius 1 is 0.970 bits per heavy atom. The maximum atomic E-state index is 13.6. The molecule has 0 aliphatic carbocycles. The van der Waals surface area contributed by atoms with Crippen molar-refractivity contribution >= 4 is 11.5 Å². The van der Waals surface area contributed by atoms with Crippen LogP contribution >= 0.6 is 0 Å². The Kier molecular flexibility index (Phi) is 5.88. The summed E-state index contributed by atoms with van der Waals surface area (Å²) in [5, 5.41) is 15.9. The van der Waals surface area contributed by atoms with Crippen molar-refractivity contribution in [2.24, 2.45) is 0 Å². The molecule has 2 aromatic heterocycles. The number of aryl methyl sites for hydroxylation is 2. The van der Waals surface area contributed by atoms with E-state index in [1.807, 2.05) is 22.9 Å². The topological polar surface area (TPSA) is 67.7 Å². The number of piperidine rings is 1. The van der Waals surface area contributed by atoms with Crippen molar-refractivity contribution in [3.63, 3.8) is 0 Å². The molecule has 2 N–H and O–H groups in total. The molecule has 0 bridgehead atoms. The first-order valence-electron chi connectivity index (χ1n) is 11.3. The minimum atomic E-state index is -0.274. The van der Waals surface area contributed by atoms with Crippen LogP contribution in [0.25, 0.3) is 22.6 Å². The molecule has 0 saturated carbocycles. The van der Waals surface area contributed by atoms with Crippen LogP contribution in [0.3, 0.4) is 0 Å². The Morgan fingerprint density at radius 2 is 1.70 bits per heavy atom. The van der Waals surface area contributed by atoms with Crippen LogP contribution in [0, 0.1) is 19.7 Å². The summed E-state index contributed by atoms with van der Waals surface area (Å²) in [6.07, 6.45) is 1.94. The Labute approximate surface area is 192 Å². The number of halogens is 1. The highest BCUT2D eigenvalue weighted by atomic mass is 19.1. The highest BCUT2D eigenvalue weighted by Crippen LogP contribution is 2.34. The van der Waals surface area contributed by atoms with E-state index in [9.17, 15) is 4.39 Å². The molecule has 5 rings (SSSR count). The second-order valence-electron chi connectivity index (χ2n) is 8.63. The van der Waals surface area contributed by atoms with Crippen LogP contribution in [0.15, 0.2) is 60.7 Å². The third-order valence-electron chi connectivity index (χ3n) is 5.95. The van der Waals surface area contributed by atoms with Gasteiger partial charge in [0, 0.05) is 11.3 Å². The predicted molar refractivity (Wildman–Crippen MR) is 129 cm³/mol. The van der Waals surface area contributed by atoms with Crippen molar-refractivity contribution in [2.45, 2.75) is 32.7 Å². The van der Waals surface area contributed by atoms with Crippen molar-refractivity contribution < 1.29 is 4.39 Å². The number of anilines is 2. The maximum absolute atomic E-state index is 13.6. The predicted octanol–water partition coefficient (Wildman–Crippen LogP) is 5.43. The van der Waals surface area contributed by atoms with Crippen LogP contribution < -0.4 is 10.6 Å². The van der Waals surface area contributed by atoms with Crippen LogP contribution in [0.5, 0.6) is 0 Å². The summed E-state index contributed by atoms with van der Waals surface area (Å²) in [6.45, 7) is 6.05. The number of aromatic nitrogens is 4. The molecule has 4 aromatic rings. The molecular weight excluding hydrogens is 415 g/mol. The Balaban J connectivity index is 1.57. The quantitative estimate of drug-likeness (QED) is 0.431. The zero-order valence-electron chi connectivity index (χ0n) is 18.8. The summed E-state index contributed by atoms with van der Waals surface area (Å²) in [7, 11) is 0. The Bertz CT molecular complexity index is 1240. The van der Waals surface area contributed by atoms with Gasteiger partial charge in [0.05, 0.1) is 11.7 Å². The van der Waals surface area contributed by atoms with Gasteiger partial charge in [-0.2, -0.15) is 0 Å². The molecule has 2 aromatic carbocycles. The van der Waals surface area contributed by atoms with Gasteiger partial charge < -0.3 is 10.6 Å². The molecule has 33 heavy (non-hydrogen) atoms. The van der Waals surface area contributed by atoms with Crippen molar-refractivity contribution in [2.75, 3.05) is 18.4 Å². The van der Waals surface area contributed by atoms with E-state index in [0.717, 1.165) is 54.4 Å². The van der Waals surface area contributed by atoms with Gasteiger partial charge in [-0.15, -0.1) is 5.10 Å². The molecule has 1 aliphatic rings. The van der Waals surface area contributed by atoms with Gasteiger partial charge in [0.2, 0.25) is 0 Å². The Hall–Kier alpha value is -3.58. The molecule has 6 nitrogen and oxygen atoms in total. The van der Waals surface area contributed by atoms with E-state index in [-0.39, 0.29) is 11.9 Å². The largest absolute Gasteiger partial charge is 0.340 e. The molecule has 7 heteroatoms. The molecule has 1 aliphatic heterocycles. The van der Waals surface area contributed by atoms with Crippen molar-refractivity contribution in [1.29, 1.82) is 0 Å². The summed E-state index contributed by atoms with van der Waals surface area (Å²) >= 11 is 0. The van der Waals surface area contributed by atoms with Gasteiger partial charge in [-0.1, -0.05) is 17.3 Å². The number of rotatable bonds is 5. The van der Waals surface area contributed by atoms with Crippen LogP contribution in [-0.4, -0.2) is 33.1 Å². The number of pyridine rings is 1.